The van der Waals surface area contributed by atoms with E-state index in [4.69, 9.17) is 9.47 Å². The first-order valence-corrected chi connectivity index (χ1v) is 14.2. The highest BCUT2D eigenvalue weighted by molar-refractivity contribution is 7.10. The van der Waals surface area contributed by atoms with Gasteiger partial charge in [-0.3, -0.25) is 14.5 Å². The highest BCUT2D eigenvalue weighted by atomic mass is 32.1. The van der Waals surface area contributed by atoms with Crippen molar-refractivity contribution in [3.63, 3.8) is 0 Å². The van der Waals surface area contributed by atoms with Crippen LogP contribution in [0.1, 0.15) is 48.6 Å². The molecule has 2 aromatic heterocycles. The van der Waals surface area contributed by atoms with Crippen molar-refractivity contribution in [3.05, 3.63) is 76.6 Å². The number of rotatable bonds is 7. The number of para-hydroxylation sites is 1. The molecule has 0 radical (unpaired) electrons. The lowest BCUT2D eigenvalue weighted by Gasteiger charge is -2.34. The van der Waals surface area contributed by atoms with Gasteiger partial charge in [0.15, 0.2) is 11.5 Å². The molecule has 2 aliphatic rings. The van der Waals surface area contributed by atoms with Crippen molar-refractivity contribution in [1.82, 2.24) is 10.3 Å². The number of aromatic amines is 1. The van der Waals surface area contributed by atoms with Crippen LogP contribution in [0.25, 0.3) is 10.9 Å². The fourth-order valence-corrected chi connectivity index (χ4v) is 6.21. The van der Waals surface area contributed by atoms with Crippen LogP contribution >= 0.6 is 11.3 Å². The molecule has 1 atom stereocenters. The van der Waals surface area contributed by atoms with E-state index < -0.39 is 6.04 Å². The predicted molar refractivity (Wildman–Crippen MR) is 149 cm³/mol. The molecule has 8 heteroatoms. The average Bonchev–Trinajstić information content (AvgIpc) is 3.62. The maximum absolute atomic E-state index is 14.2. The van der Waals surface area contributed by atoms with E-state index in [1.165, 1.54) is 17.8 Å². The standard InChI is InChI=1S/C30H31N3O4S/c34-28(18-22-9-6-16-38-22)33(21-12-13-26-27(17-21)37-15-14-36-26)29(30(35)32-20-7-2-1-3-8-20)24-19-31-25-11-5-4-10-23(24)25/h4-6,9-13,16-17,19-20,29,31H,1-3,7-8,14-15,18H2,(H,32,35)/t29-/m1/s1. The number of nitrogens with one attached hydrogen (secondary N) is 2. The van der Waals surface area contributed by atoms with Crippen LogP contribution in [0.5, 0.6) is 11.5 Å². The van der Waals surface area contributed by atoms with Gasteiger partial charge in [0.1, 0.15) is 19.3 Å². The molecule has 0 unspecified atom stereocenters. The zero-order valence-corrected chi connectivity index (χ0v) is 22.0. The Morgan fingerprint density at radius 2 is 1.82 bits per heavy atom. The lowest BCUT2D eigenvalue weighted by Crippen LogP contribution is -2.47. The van der Waals surface area contributed by atoms with Crippen LogP contribution in [0.2, 0.25) is 0 Å². The Hall–Kier alpha value is -3.78. The summed E-state index contributed by atoms with van der Waals surface area (Å²) in [6, 6.07) is 16.5. The summed E-state index contributed by atoms with van der Waals surface area (Å²) in [5.74, 6) is 0.892. The third-order valence-corrected chi connectivity index (χ3v) is 8.23. The van der Waals surface area contributed by atoms with Gasteiger partial charge in [-0.25, -0.2) is 0 Å². The van der Waals surface area contributed by atoms with Gasteiger partial charge in [-0.1, -0.05) is 43.5 Å². The normalized spacial score (nSPS) is 16.2. The predicted octanol–water partition coefficient (Wildman–Crippen LogP) is 5.77. The van der Waals surface area contributed by atoms with Gasteiger partial charge in [0.05, 0.1) is 6.42 Å². The Labute approximate surface area is 225 Å². The van der Waals surface area contributed by atoms with E-state index >= 15 is 0 Å². The highest BCUT2D eigenvalue weighted by Gasteiger charge is 2.36. The minimum Gasteiger partial charge on any atom is -0.486 e. The van der Waals surface area contributed by atoms with Gasteiger partial charge < -0.3 is 19.8 Å². The largest absolute Gasteiger partial charge is 0.486 e. The van der Waals surface area contributed by atoms with E-state index in [0.29, 0.717) is 30.4 Å². The van der Waals surface area contributed by atoms with E-state index in [9.17, 15) is 9.59 Å². The summed E-state index contributed by atoms with van der Waals surface area (Å²) < 4.78 is 11.6. The van der Waals surface area contributed by atoms with Gasteiger partial charge in [-0.2, -0.15) is 0 Å². The van der Waals surface area contributed by atoms with Crippen LogP contribution in [0, 0.1) is 0 Å². The number of H-pyrrole nitrogens is 1. The molecule has 1 saturated carbocycles. The Morgan fingerprint density at radius 1 is 1.00 bits per heavy atom. The fourth-order valence-electron chi connectivity index (χ4n) is 5.51. The molecule has 1 aliphatic heterocycles. The summed E-state index contributed by atoms with van der Waals surface area (Å²) in [4.78, 5) is 34.2. The van der Waals surface area contributed by atoms with Crippen molar-refractivity contribution < 1.29 is 19.1 Å². The molecule has 4 aromatic rings. The smallest absolute Gasteiger partial charge is 0.248 e. The molecule has 1 fully saturated rings. The minimum atomic E-state index is -0.858. The zero-order valence-electron chi connectivity index (χ0n) is 21.2. The quantitative estimate of drug-likeness (QED) is 0.319. The number of ether oxygens (including phenoxy) is 2. The molecular weight excluding hydrogens is 498 g/mol. The fraction of sp³-hybridized carbons (Fsp3) is 0.333. The number of benzene rings is 2. The number of amides is 2. The maximum atomic E-state index is 14.2. The lowest BCUT2D eigenvalue weighted by atomic mass is 9.94. The Bertz CT molecular complexity index is 1420. The van der Waals surface area contributed by atoms with E-state index in [0.717, 1.165) is 47.0 Å². The van der Waals surface area contributed by atoms with Gasteiger partial charge >= 0.3 is 0 Å². The lowest BCUT2D eigenvalue weighted by molar-refractivity contribution is -0.127. The molecule has 0 saturated heterocycles. The van der Waals surface area contributed by atoms with Crippen LogP contribution in [-0.2, 0) is 16.0 Å². The molecule has 38 heavy (non-hydrogen) atoms. The van der Waals surface area contributed by atoms with E-state index in [1.54, 1.807) is 4.90 Å². The van der Waals surface area contributed by atoms with Gasteiger partial charge in [-0.05, 0) is 42.5 Å². The molecule has 2 aromatic carbocycles. The topological polar surface area (TPSA) is 83.7 Å². The third-order valence-electron chi connectivity index (χ3n) is 7.35. The van der Waals surface area contributed by atoms with E-state index in [1.807, 2.05) is 66.2 Å². The van der Waals surface area contributed by atoms with Gasteiger partial charge in [-0.15, -0.1) is 11.3 Å². The van der Waals surface area contributed by atoms with Crippen LogP contribution in [-0.4, -0.2) is 36.1 Å². The van der Waals surface area contributed by atoms with Crippen molar-refractivity contribution in [2.75, 3.05) is 18.1 Å². The summed E-state index contributed by atoms with van der Waals surface area (Å²) in [7, 11) is 0. The summed E-state index contributed by atoms with van der Waals surface area (Å²) >= 11 is 1.54. The third kappa shape index (κ3) is 5.00. The highest BCUT2D eigenvalue weighted by Crippen LogP contribution is 2.39. The number of carbonyl (C=O) groups excluding carboxylic acids is 2. The summed E-state index contributed by atoms with van der Waals surface area (Å²) in [6.07, 6.45) is 7.37. The summed E-state index contributed by atoms with van der Waals surface area (Å²) in [5.41, 5.74) is 2.29. The van der Waals surface area contributed by atoms with Gasteiger partial charge in [0, 0.05) is 45.3 Å². The number of carbonyl (C=O) groups is 2. The van der Waals surface area contributed by atoms with Crippen molar-refractivity contribution >= 4 is 39.7 Å². The molecule has 196 valence electrons. The van der Waals surface area contributed by atoms with Crippen molar-refractivity contribution in [2.45, 2.75) is 50.6 Å². The number of anilines is 1. The number of thiophene rings is 1. The number of nitrogens with zero attached hydrogens (tertiary/aromatic N) is 1. The average molecular weight is 530 g/mol. The Balaban J connectivity index is 1.46. The molecule has 2 amide bonds. The van der Waals surface area contributed by atoms with Crippen molar-refractivity contribution in [1.29, 1.82) is 0 Å². The van der Waals surface area contributed by atoms with Gasteiger partial charge in [0.2, 0.25) is 11.8 Å². The maximum Gasteiger partial charge on any atom is 0.248 e. The van der Waals surface area contributed by atoms with Gasteiger partial charge in [0.25, 0.3) is 0 Å². The van der Waals surface area contributed by atoms with E-state index in [-0.39, 0.29) is 24.3 Å². The number of aromatic nitrogens is 1. The van der Waals surface area contributed by atoms with Crippen molar-refractivity contribution in [2.24, 2.45) is 0 Å². The SMILES string of the molecule is O=C(NC1CCCCC1)[C@@H](c1c[nH]c2ccccc12)N(C(=O)Cc1cccs1)c1ccc2c(c1)OCCO2. The number of hydrogen-bond donors (Lipinski definition) is 2. The van der Waals surface area contributed by atoms with E-state index in [2.05, 4.69) is 10.3 Å². The van der Waals surface area contributed by atoms with Crippen LogP contribution in [0.15, 0.2) is 66.2 Å². The Kier molecular flexibility index (Phi) is 7.05. The molecular formula is C30H31N3O4S. The van der Waals surface area contributed by atoms with Crippen molar-refractivity contribution in [3.8, 4) is 11.5 Å². The first-order valence-electron chi connectivity index (χ1n) is 13.3. The first-order chi connectivity index (χ1) is 18.7. The molecule has 6 rings (SSSR count). The number of hydrogen-bond acceptors (Lipinski definition) is 5. The second-order valence-electron chi connectivity index (χ2n) is 9.88. The second kappa shape index (κ2) is 10.9. The monoisotopic (exact) mass is 529 g/mol. The molecule has 0 spiro atoms. The summed E-state index contributed by atoms with van der Waals surface area (Å²) in [6.45, 7) is 0.919. The molecule has 7 nitrogen and oxygen atoms in total. The van der Waals surface area contributed by atoms with Crippen LogP contribution in [0.4, 0.5) is 5.69 Å². The minimum absolute atomic E-state index is 0.110. The molecule has 0 bridgehead atoms. The van der Waals surface area contributed by atoms with Crippen LogP contribution < -0.4 is 19.7 Å². The molecule has 1 aliphatic carbocycles. The summed E-state index contributed by atoms with van der Waals surface area (Å²) in [5, 5.41) is 6.18. The second-order valence-corrected chi connectivity index (χ2v) is 10.9. The molecule has 2 N–H and O–H groups in total. The Morgan fingerprint density at radius 3 is 2.63 bits per heavy atom. The van der Waals surface area contributed by atoms with Crippen LogP contribution in [0.3, 0.4) is 0 Å². The first kappa shape index (κ1) is 24.6. The zero-order chi connectivity index (χ0) is 25.9. The molecule has 3 heterocycles. The number of fused-ring (bicyclic) bond motifs is 2.